The van der Waals surface area contributed by atoms with E-state index in [0.29, 0.717) is 12.8 Å². The van der Waals surface area contributed by atoms with Gasteiger partial charge in [0.2, 0.25) is 5.88 Å². The van der Waals surface area contributed by atoms with Crippen LogP contribution in [0.1, 0.15) is 56.3 Å². The Labute approximate surface area is 267 Å². The average Bonchev–Trinajstić information content (AvgIpc) is 3.51. The van der Waals surface area contributed by atoms with Gasteiger partial charge in [0.05, 0.1) is 23.6 Å². The molecule has 5 rings (SSSR count). The molecule has 1 aliphatic carbocycles. The number of rotatable bonds is 11. The summed E-state index contributed by atoms with van der Waals surface area (Å²) in [5, 5.41) is 15.9. The molecule has 1 aliphatic heterocycles. The quantitative estimate of drug-likeness (QED) is 0.237. The Kier molecular flexibility index (Phi) is 8.85. The summed E-state index contributed by atoms with van der Waals surface area (Å²) in [5.74, 6) is -0.692. The molecule has 1 atom stereocenters. The topological polar surface area (TPSA) is 169 Å². The molecule has 46 heavy (non-hydrogen) atoms. The van der Waals surface area contributed by atoms with Gasteiger partial charge in [0.1, 0.15) is 11.0 Å². The van der Waals surface area contributed by atoms with E-state index in [4.69, 9.17) is 16.3 Å². The Balaban J connectivity index is 1.19. The van der Waals surface area contributed by atoms with Crippen LogP contribution in [0.4, 0.5) is 23.8 Å². The largest absolute Gasteiger partial charge is 0.477 e. The van der Waals surface area contributed by atoms with E-state index in [1.165, 1.54) is 52.2 Å². The highest BCUT2D eigenvalue weighted by molar-refractivity contribution is 7.90. The summed E-state index contributed by atoms with van der Waals surface area (Å²) in [6, 6.07) is 7.81. The number of carboxylic acid groups (broad SMARTS) is 1. The van der Waals surface area contributed by atoms with Gasteiger partial charge in [-0.2, -0.15) is 21.6 Å². The normalized spacial score (nSPS) is 18.7. The van der Waals surface area contributed by atoms with Gasteiger partial charge in [0.15, 0.2) is 10.8 Å². The third-order valence-electron chi connectivity index (χ3n) is 8.22. The maximum absolute atomic E-state index is 13.1. The summed E-state index contributed by atoms with van der Waals surface area (Å²) in [4.78, 5) is 34.2. The van der Waals surface area contributed by atoms with Gasteiger partial charge in [-0.3, -0.25) is 9.69 Å². The summed E-state index contributed by atoms with van der Waals surface area (Å²) in [6.07, 6.45) is -2.62. The second-order valence-corrected chi connectivity index (χ2v) is 13.8. The number of anilines is 1. The fraction of sp³-hybridized carbons (Fsp3) is 0.464. The predicted octanol–water partition coefficient (Wildman–Crippen LogP) is 4.88. The van der Waals surface area contributed by atoms with Crippen molar-refractivity contribution in [2.45, 2.75) is 68.7 Å². The molecule has 13 nitrogen and oxygen atoms in total. The van der Waals surface area contributed by atoms with E-state index < -0.39 is 44.2 Å². The van der Waals surface area contributed by atoms with Gasteiger partial charge in [-0.25, -0.2) is 24.2 Å². The van der Waals surface area contributed by atoms with Gasteiger partial charge in [-0.1, -0.05) is 17.7 Å². The number of nitrogens with one attached hydrogen (secondary N) is 2. The summed E-state index contributed by atoms with van der Waals surface area (Å²) < 4.78 is 73.9. The van der Waals surface area contributed by atoms with Gasteiger partial charge in [0, 0.05) is 24.3 Å². The number of sulfonamides is 1. The lowest BCUT2D eigenvalue weighted by atomic mass is 10.0. The van der Waals surface area contributed by atoms with E-state index >= 15 is 0 Å². The second-order valence-electron chi connectivity index (χ2n) is 11.8. The first-order valence-electron chi connectivity index (χ1n) is 14.2. The molecular formula is C28H31ClF3N7O6S. The number of hydrogen-bond donors (Lipinski definition) is 3. The fourth-order valence-electron chi connectivity index (χ4n) is 5.40. The Hall–Kier alpha value is -4.12. The summed E-state index contributed by atoms with van der Waals surface area (Å²) in [5.41, 5.74) is -2.48. The molecule has 0 spiro atoms. The lowest BCUT2D eigenvalue weighted by molar-refractivity contribution is -0.190. The lowest BCUT2D eigenvalue weighted by Crippen LogP contribution is -2.48. The summed E-state index contributed by atoms with van der Waals surface area (Å²) in [7, 11) is -4.46. The molecule has 3 N–H and O–H groups in total. The molecule has 0 bridgehead atoms. The van der Waals surface area contributed by atoms with Gasteiger partial charge in [-0.05, 0) is 70.2 Å². The zero-order valence-corrected chi connectivity index (χ0v) is 26.3. The van der Waals surface area contributed by atoms with E-state index in [1.807, 2.05) is 18.6 Å². The standard InChI is InChI=1S/C28H31ClF3N7O6S/c1-26(2)10-8-17(39(26)25(41)42)16-33-19-4-3-5-22(34-19)46(43,44)37-24(40)18-6-7-20(35-23(18)29)38-14-9-21(36-38)45-15-13-27(11-12-27)28(30,31)32/h3-7,9,14,17H,8,10-13,15-16H2,1-2H3,(H,33,34)(H,37,40)(H,41,42). The minimum absolute atomic E-state index is 0.0688. The third-order valence-corrected chi connectivity index (χ3v) is 9.74. The van der Waals surface area contributed by atoms with Crippen molar-refractivity contribution >= 4 is 39.4 Å². The van der Waals surface area contributed by atoms with Crippen molar-refractivity contribution in [2.24, 2.45) is 5.41 Å². The summed E-state index contributed by atoms with van der Waals surface area (Å²) in [6.45, 7) is 3.71. The Bertz CT molecular complexity index is 1750. The molecule has 0 radical (unpaired) electrons. The van der Waals surface area contributed by atoms with Gasteiger partial charge in [0.25, 0.3) is 15.9 Å². The minimum Gasteiger partial charge on any atom is -0.477 e. The molecule has 1 unspecified atom stereocenters. The number of alkyl halides is 3. The van der Waals surface area contributed by atoms with Crippen LogP contribution in [0.3, 0.4) is 0 Å². The van der Waals surface area contributed by atoms with Crippen molar-refractivity contribution in [3.63, 3.8) is 0 Å². The molecule has 2 fully saturated rings. The van der Waals surface area contributed by atoms with Crippen LogP contribution in [-0.4, -0.2) is 81.1 Å². The lowest BCUT2D eigenvalue weighted by Gasteiger charge is -2.33. The highest BCUT2D eigenvalue weighted by Crippen LogP contribution is 2.59. The Morgan fingerprint density at radius 1 is 1.13 bits per heavy atom. The molecule has 2 aliphatic rings. The Morgan fingerprint density at radius 3 is 2.52 bits per heavy atom. The van der Waals surface area contributed by atoms with Crippen LogP contribution in [0.25, 0.3) is 5.82 Å². The first kappa shape index (κ1) is 33.2. The average molecular weight is 686 g/mol. The zero-order valence-electron chi connectivity index (χ0n) is 24.7. The number of carbonyl (C=O) groups is 2. The predicted molar refractivity (Wildman–Crippen MR) is 159 cm³/mol. The number of nitrogens with zero attached hydrogens (tertiary/aromatic N) is 5. The van der Waals surface area contributed by atoms with Crippen molar-refractivity contribution in [2.75, 3.05) is 18.5 Å². The molecule has 3 aromatic heterocycles. The molecule has 18 heteroatoms. The number of halogens is 4. The molecule has 248 valence electrons. The van der Waals surface area contributed by atoms with E-state index in [1.54, 1.807) is 0 Å². The van der Waals surface area contributed by atoms with Crippen LogP contribution in [-0.2, 0) is 10.0 Å². The van der Waals surface area contributed by atoms with Crippen LogP contribution in [0.2, 0.25) is 5.15 Å². The number of hydrogen-bond acceptors (Lipinski definition) is 9. The number of likely N-dealkylation sites (tertiary alicyclic amines) is 1. The first-order valence-corrected chi connectivity index (χ1v) is 16.1. The number of amides is 2. The number of ether oxygens (including phenoxy) is 1. The van der Waals surface area contributed by atoms with Crippen molar-refractivity contribution < 1.29 is 41.0 Å². The smallest absolute Gasteiger partial charge is 0.408 e. The SMILES string of the molecule is CC1(C)CCC(CNc2cccc(S(=O)(=O)NC(=O)c3ccc(-n4ccc(OCCC5(C(F)(F)F)CC5)n4)nc3Cl)n2)N1C(=O)O. The highest BCUT2D eigenvalue weighted by Gasteiger charge is 2.62. The maximum Gasteiger partial charge on any atom is 0.408 e. The molecule has 0 aromatic carbocycles. The van der Waals surface area contributed by atoms with Gasteiger partial charge >= 0.3 is 12.3 Å². The molecule has 4 heterocycles. The van der Waals surface area contributed by atoms with Crippen molar-refractivity contribution in [1.82, 2.24) is 29.4 Å². The van der Waals surface area contributed by atoms with Gasteiger partial charge < -0.3 is 15.2 Å². The molecule has 1 saturated carbocycles. The fourth-order valence-corrected chi connectivity index (χ4v) is 6.57. The van der Waals surface area contributed by atoms with E-state index in [2.05, 4.69) is 20.4 Å². The van der Waals surface area contributed by atoms with E-state index in [-0.39, 0.29) is 66.7 Å². The van der Waals surface area contributed by atoms with E-state index in [0.717, 1.165) is 0 Å². The maximum atomic E-state index is 13.1. The van der Waals surface area contributed by atoms with E-state index in [9.17, 15) is 36.3 Å². The molecule has 2 amide bonds. The van der Waals surface area contributed by atoms with Crippen LogP contribution in [0.5, 0.6) is 5.88 Å². The molecule has 1 saturated heterocycles. The first-order chi connectivity index (χ1) is 21.5. The van der Waals surface area contributed by atoms with Crippen LogP contribution < -0.4 is 14.8 Å². The number of aromatic nitrogens is 4. The number of pyridine rings is 2. The zero-order chi connectivity index (χ0) is 33.5. The summed E-state index contributed by atoms with van der Waals surface area (Å²) >= 11 is 6.20. The minimum atomic E-state index is -4.46. The van der Waals surface area contributed by atoms with Crippen LogP contribution in [0.15, 0.2) is 47.6 Å². The Morgan fingerprint density at radius 2 is 1.87 bits per heavy atom. The van der Waals surface area contributed by atoms with Crippen molar-refractivity contribution in [3.8, 4) is 11.7 Å². The van der Waals surface area contributed by atoms with Crippen molar-refractivity contribution in [3.05, 3.63) is 53.3 Å². The number of carbonyl (C=O) groups excluding carboxylic acids is 1. The second kappa shape index (κ2) is 12.2. The molecule has 3 aromatic rings. The van der Waals surface area contributed by atoms with Gasteiger partial charge in [-0.15, -0.1) is 5.10 Å². The van der Waals surface area contributed by atoms with Crippen LogP contribution >= 0.6 is 11.6 Å². The molecular weight excluding hydrogens is 655 g/mol. The van der Waals surface area contributed by atoms with Crippen molar-refractivity contribution in [1.29, 1.82) is 0 Å². The van der Waals surface area contributed by atoms with Crippen LogP contribution in [0, 0.1) is 5.41 Å². The third kappa shape index (κ3) is 6.99. The highest BCUT2D eigenvalue weighted by atomic mass is 35.5. The monoisotopic (exact) mass is 685 g/mol.